The molecule has 0 aromatic carbocycles. The van der Waals surface area contributed by atoms with Gasteiger partial charge >= 0.3 is 12.0 Å². The summed E-state index contributed by atoms with van der Waals surface area (Å²) in [6.07, 6.45) is 2.23. The molecule has 0 aromatic rings. The third kappa shape index (κ3) is 3.69. The van der Waals surface area contributed by atoms with Gasteiger partial charge in [0.15, 0.2) is 0 Å². The van der Waals surface area contributed by atoms with Crippen molar-refractivity contribution >= 4 is 12.0 Å². The largest absolute Gasteiger partial charge is 0.481 e. The van der Waals surface area contributed by atoms with E-state index in [0.29, 0.717) is 19.5 Å². The smallest absolute Gasteiger partial charge is 0.317 e. The van der Waals surface area contributed by atoms with E-state index in [4.69, 9.17) is 10.2 Å². The molecule has 1 aliphatic rings. The fraction of sp³-hybridized carbons (Fsp3) is 0.800. The van der Waals surface area contributed by atoms with Gasteiger partial charge in [0.1, 0.15) is 0 Å². The molecule has 0 spiro atoms. The maximum Gasteiger partial charge on any atom is 0.317 e. The highest BCUT2D eigenvalue weighted by Crippen LogP contribution is 2.16. The Bertz CT molecular complexity index is 257. The first kappa shape index (κ1) is 12.8. The molecule has 1 unspecified atom stereocenters. The summed E-state index contributed by atoms with van der Waals surface area (Å²) in [4.78, 5) is 23.5. The zero-order valence-corrected chi connectivity index (χ0v) is 9.19. The molecular formula is C10H18N2O4. The number of rotatable bonds is 5. The Morgan fingerprint density at radius 2 is 2.19 bits per heavy atom. The Hall–Kier alpha value is -1.30. The van der Waals surface area contributed by atoms with Crippen LogP contribution in [0.5, 0.6) is 0 Å². The average molecular weight is 230 g/mol. The van der Waals surface area contributed by atoms with Crippen molar-refractivity contribution in [3.8, 4) is 0 Å². The van der Waals surface area contributed by atoms with E-state index in [1.54, 1.807) is 4.90 Å². The fourth-order valence-electron chi connectivity index (χ4n) is 1.83. The molecule has 92 valence electrons. The number of carbonyl (C=O) groups excluding carboxylic acids is 1. The first-order valence-corrected chi connectivity index (χ1v) is 5.52. The van der Waals surface area contributed by atoms with Gasteiger partial charge in [-0.3, -0.25) is 4.79 Å². The van der Waals surface area contributed by atoms with Crippen molar-refractivity contribution in [1.82, 2.24) is 10.2 Å². The molecule has 0 aliphatic carbocycles. The molecule has 1 rings (SSSR count). The summed E-state index contributed by atoms with van der Waals surface area (Å²) in [6.45, 7) is 1.01. The Morgan fingerprint density at radius 3 is 2.81 bits per heavy atom. The highest BCUT2D eigenvalue weighted by atomic mass is 16.4. The van der Waals surface area contributed by atoms with Gasteiger partial charge < -0.3 is 20.4 Å². The van der Waals surface area contributed by atoms with E-state index in [-0.39, 0.29) is 25.1 Å². The van der Waals surface area contributed by atoms with E-state index in [2.05, 4.69) is 5.32 Å². The minimum Gasteiger partial charge on any atom is -0.481 e. The Kier molecular flexibility index (Phi) is 5.04. The molecule has 0 bridgehead atoms. The van der Waals surface area contributed by atoms with Gasteiger partial charge in [0.05, 0.1) is 12.6 Å². The molecule has 0 radical (unpaired) electrons. The normalized spacial score (nSPS) is 19.8. The number of aliphatic carboxylic acids is 1. The van der Waals surface area contributed by atoms with Crippen LogP contribution in [0.25, 0.3) is 0 Å². The Labute approximate surface area is 94.2 Å². The summed E-state index contributed by atoms with van der Waals surface area (Å²) in [5.41, 5.74) is 0. The van der Waals surface area contributed by atoms with Crippen LogP contribution < -0.4 is 5.32 Å². The lowest BCUT2D eigenvalue weighted by molar-refractivity contribution is -0.137. The third-order valence-corrected chi connectivity index (χ3v) is 2.69. The highest BCUT2D eigenvalue weighted by Gasteiger charge is 2.27. The molecule has 6 heteroatoms. The number of aliphatic hydroxyl groups excluding tert-OH is 1. The first-order valence-electron chi connectivity index (χ1n) is 5.52. The number of carboxylic acids is 1. The third-order valence-electron chi connectivity index (χ3n) is 2.69. The van der Waals surface area contributed by atoms with Gasteiger partial charge in [-0.1, -0.05) is 0 Å². The maximum atomic E-state index is 11.6. The molecule has 1 fully saturated rings. The van der Waals surface area contributed by atoms with E-state index >= 15 is 0 Å². The molecule has 6 nitrogen and oxygen atoms in total. The number of carboxylic acid groups (broad SMARTS) is 1. The lowest BCUT2D eigenvalue weighted by atomic mass is 10.2. The molecule has 0 saturated carbocycles. The van der Waals surface area contributed by atoms with Crippen molar-refractivity contribution in [3.63, 3.8) is 0 Å². The number of nitrogens with one attached hydrogen (secondary N) is 1. The van der Waals surface area contributed by atoms with Gasteiger partial charge in [-0.2, -0.15) is 0 Å². The Balaban J connectivity index is 2.21. The van der Waals surface area contributed by atoms with Gasteiger partial charge in [0.25, 0.3) is 0 Å². The zero-order chi connectivity index (χ0) is 12.0. The van der Waals surface area contributed by atoms with Crippen molar-refractivity contribution in [2.75, 3.05) is 19.7 Å². The number of urea groups is 1. The summed E-state index contributed by atoms with van der Waals surface area (Å²) >= 11 is 0. The Morgan fingerprint density at radius 1 is 1.44 bits per heavy atom. The van der Waals surface area contributed by atoms with Crippen molar-refractivity contribution in [2.45, 2.75) is 31.7 Å². The van der Waals surface area contributed by atoms with Gasteiger partial charge in [-0.25, -0.2) is 4.79 Å². The van der Waals surface area contributed by atoms with Gasteiger partial charge in [0.2, 0.25) is 0 Å². The van der Waals surface area contributed by atoms with Crippen molar-refractivity contribution in [2.24, 2.45) is 0 Å². The fourth-order valence-corrected chi connectivity index (χ4v) is 1.83. The van der Waals surface area contributed by atoms with Gasteiger partial charge in [-0.15, -0.1) is 0 Å². The second-order valence-corrected chi connectivity index (χ2v) is 3.90. The number of amides is 2. The molecule has 2 amide bonds. The van der Waals surface area contributed by atoms with Crippen LogP contribution in [-0.2, 0) is 4.79 Å². The number of carbonyl (C=O) groups is 2. The number of nitrogens with zero attached hydrogens (tertiary/aromatic N) is 1. The highest BCUT2D eigenvalue weighted by molar-refractivity contribution is 5.75. The molecule has 3 N–H and O–H groups in total. The predicted molar refractivity (Wildman–Crippen MR) is 57.1 cm³/mol. The summed E-state index contributed by atoms with van der Waals surface area (Å²) in [6, 6.07) is -0.290. The lowest BCUT2D eigenvalue weighted by Crippen LogP contribution is -2.44. The van der Waals surface area contributed by atoms with Crippen LogP contribution in [-0.4, -0.2) is 52.9 Å². The van der Waals surface area contributed by atoms with Crippen LogP contribution in [0.2, 0.25) is 0 Å². The van der Waals surface area contributed by atoms with Gasteiger partial charge in [-0.05, 0) is 19.3 Å². The number of likely N-dealkylation sites (tertiary alicyclic amines) is 1. The van der Waals surface area contributed by atoms with Crippen LogP contribution in [0.3, 0.4) is 0 Å². The molecule has 16 heavy (non-hydrogen) atoms. The van der Waals surface area contributed by atoms with E-state index < -0.39 is 5.97 Å². The van der Waals surface area contributed by atoms with Crippen molar-refractivity contribution < 1.29 is 19.8 Å². The zero-order valence-electron chi connectivity index (χ0n) is 9.19. The van der Waals surface area contributed by atoms with Crippen LogP contribution in [0, 0.1) is 0 Å². The van der Waals surface area contributed by atoms with Gasteiger partial charge in [0, 0.05) is 19.5 Å². The second-order valence-electron chi connectivity index (χ2n) is 3.90. The summed E-state index contributed by atoms with van der Waals surface area (Å²) in [5, 5.41) is 20.1. The summed E-state index contributed by atoms with van der Waals surface area (Å²) in [5.74, 6) is -0.858. The summed E-state index contributed by atoms with van der Waals surface area (Å²) < 4.78 is 0. The first-order chi connectivity index (χ1) is 7.65. The van der Waals surface area contributed by atoms with Crippen molar-refractivity contribution in [1.29, 1.82) is 0 Å². The summed E-state index contributed by atoms with van der Waals surface area (Å²) in [7, 11) is 0. The standard InChI is InChI=1S/C10H18N2O4/c13-7-8-3-2-6-12(8)10(16)11-5-1-4-9(14)15/h8,13H,1-7H2,(H,11,16)(H,14,15). The molecular weight excluding hydrogens is 212 g/mol. The monoisotopic (exact) mass is 230 g/mol. The minimum absolute atomic E-state index is 0.0114. The number of aliphatic hydroxyl groups is 1. The molecule has 1 aliphatic heterocycles. The topological polar surface area (TPSA) is 89.9 Å². The average Bonchev–Trinajstić information content (AvgIpc) is 2.71. The SMILES string of the molecule is O=C(O)CCCNC(=O)N1CCCC1CO. The second kappa shape index (κ2) is 6.32. The van der Waals surface area contributed by atoms with E-state index in [1.807, 2.05) is 0 Å². The molecule has 1 heterocycles. The van der Waals surface area contributed by atoms with E-state index in [9.17, 15) is 9.59 Å². The van der Waals surface area contributed by atoms with Crippen LogP contribution in [0.15, 0.2) is 0 Å². The predicted octanol–water partition coefficient (Wildman–Crippen LogP) is 0.0175. The van der Waals surface area contributed by atoms with E-state index in [1.165, 1.54) is 0 Å². The minimum atomic E-state index is -0.858. The number of hydrogen-bond acceptors (Lipinski definition) is 3. The number of hydrogen-bond donors (Lipinski definition) is 3. The van der Waals surface area contributed by atoms with Crippen LogP contribution in [0.4, 0.5) is 4.79 Å². The maximum absolute atomic E-state index is 11.6. The van der Waals surface area contributed by atoms with E-state index in [0.717, 1.165) is 12.8 Å². The molecule has 1 saturated heterocycles. The lowest BCUT2D eigenvalue weighted by Gasteiger charge is -2.23. The molecule has 1 atom stereocenters. The van der Waals surface area contributed by atoms with Crippen LogP contribution in [0.1, 0.15) is 25.7 Å². The van der Waals surface area contributed by atoms with Crippen LogP contribution >= 0.6 is 0 Å². The molecule has 0 aromatic heterocycles. The van der Waals surface area contributed by atoms with Crippen molar-refractivity contribution in [3.05, 3.63) is 0 Å². The quantitative estimate of drug-likeness (QED) is 0.581.